The van der Waals surface area contributed by atoms with E-state index >= 15 is 0 Å². The molecule has 0 radical (unpaired) electrons. The molecule has 0 aliphatic carbocycles. The number of hydrogen-bond donors (Lipinski definition) is 1. The molecule has 0 aliphatic heterocycles. The third-order valence-electron chi connectivity index (χ3n) is 2.85. The number of rotatable bonds is 4. The van der Waals surface area contributed by atoms with E-state index < -0.39 is 0 Å². The van der Waals surface area contributed by atoms with Crippen LogP contribution in [0.1, 0.15) is 29.9 Å². The molecule has 0 aliphatic rings. The van der Waals surface area contributed by atoms with E-state index in [4.69, 9.17) is 11.6 Å². The fourth-order valence-electron chi connectivity index (χ4n) is 1.73. The monoisotopic (exact) mass is 339 g/mol. The first-order chi connectivity index (χ1) is 9.06. The molecule has 100 valence electrons. The summed E-state index contributed by atoms with van der Waals surface area (Å²) in [6, 6.07) is 6.07. The molecule has 1 aromatic heterocycles. The largest absolute Gasteiger partial charge is 0.304 e. The molecule has 1 aromatic carbocycles. The Kier molecular flexibility index (Phi) is 4.91. The highest BCUT2D eigenvalue weighted by atomic mass is 79.9. The van der Waals surface area contributed by atoms with Gasteiger partial charge in [0.15, 0.2) is 0 Å². The zero-order valence-corrected chi connectivity index (χ0v) is 13.2. The number of aromatic nitrogens is 2. The van der Waals surface area contributed by atoms with Crippen molar-refractivity contribution >= 4 is 27.5 Å². The SMILES string of the molecule is Cc1cnc(CNC(C)c2ccc(Br)cc2Cl)cn1. The summed E-state index contributed by atoms with van der Waals surface area (Å²) in [6.07, 6.45) is 3.56. The van der Waals surface area contributed by atoms with Gasteiger partial charge in [-0.05, 0) is 31.5 Å². The minimum absolute atomic E-state index is 0.156. The minimum atomic E-state index is 0.156. The van der Waals surface area contributed by atoms with Crippen LogP contribution in [0.15, 0.2) is 35.1 Å². The predicted molar refractivity (Wildman–Crippen MR) is 81.2 cm³/mol. The number of halogens is 2. The van der Waals surface area contributed by atoms with Gasteiger partial charge < -0.3 is 5.32 Å². The van der Waals surface area contributed by atoms with Crippen molar-refractivity contribution in [2.75, 3.05) is 0 Å². The van der Waals surface area contributed by atoms with Crippen molar-refractivity contribution in [2.45, 2.75) is 26.4 Å². The van der Waals surface area contributed by atoms with Crippen LogP contribution in [0.5, 0.6) is 0 Å². The van der Waals surface area contributed by atoms with Crippen molar-refractivity contribution in [1.82, 2.24) is 15.3 Å². The number of hydrogen-bond acceptors (Lipinski definition) is 3. The summed E-state index contributed by atoms with van der Waals surface area (Å²) in [5.41, 5.74) is 2.92. The molecular weight excluding hydrogens is 326 g/mol. The molecule has 0 saturated carbocycles. The Labute approximate surface area is 126 Å². The summed E-state index contributed by atoms with van der Waals surface area (Å²) in [5.74, 6) is 0. The highest BCUT2D eigenvalue weighted by molar-refractivity contribution is 9.10. The van der Waals surface area contributed by atoms with Crippen LogP contribution >= 0.6 is 27.5 Å². The topological polar surface area (TPSA) is 37.8 Å². The summed E-state index contributed by atoms with van der Waals surface area (Å²) in [7, 11) is 0. The van der Waals surface area contributed by atoms with Gasteiger partial charge in [-0.15, -0.1) is 0 Å². The maximum absolute atomic E-state index is 6.23. The maximum atomic E-state index is 6.23. The van der Waals surface area contributed by atoms with Crippen LogP contribution in [0.3, 0.4) is 0 Å². The zero-order valence-electron chi connectivity index (χ0n) is 10.8. The zero-order chi connectivity index (χ0) is 13.8. The van der Waals surface area contributed by atoms with Crippen molar-refractivity contribution in [3.63, 3.8) is 0 Å². The number of nitrogens with one attached hydrogen (secondary N) is 1. The summed E-state index contributed by atoms with van der Waals surface area (Å²) >= 11 is 9.63. The Morgan fingerprint density at radius 1 is 1.32 bits per heavy atom. The van der Waals surface area contributed by atoms with E-state index in [1.54, 1.807) is 12.4 Å². The van der Waals surface area contributed by atoms with Gasteiger partial charge in [-0.25, -0.2) is 0 Å². The van der Waals surface area contributed by atoms with Crippen molar-refractivity contribution in [3.8, 4) is 0 Å². The van der Waals surface area contributed by atoms with Crippen LogP contribution in [0.4, 0.5) is 0 Å². The Balaban J connectivity index is 2.01. The molecule has 19 heavy (non-hydrogen) atoms. The predicted octanol–water partition coefficient (Wildman–Crippen LogP) is 4.05. The van der Waals surface area contributed by atoms with E-state index in [2.05, 4.69) is 38.1 Å². The lowest BCUT2D eigenvalue weighted by Gasteiger charge is -2.15. The van der Waals surface area contributed by atoms with E-state index in [1.165, 1.54) is 0 Å². The third-order valence-corrected chi connectivity index (χ3v) is 3.67. The molecule has 5 heteroatoms. The molecule has 1 heterocycles. The van der Waals surface area contributed by atoms with Gasteiger partial charge in [0.2, 0.25) is 0 Å². The van der Waals surface area contributed by atoms with Gasteiger partial charge in [0.1, 0.15) is 0 Å². The van der Waals surface area contributed by atoms with E-state index in [0.29, 0.717) is 6.54 Å². The summed E-state index contributed by atoms with van der Waals surface area (Å²) in [6.45, 7) is 4.67. The van der Waals surface area contributed by atoms with E-state index in [9.17, 15) is 0 Å². The Morgan fingerprint density at radius 2 is 2.11 bits per heavy atom. The van der Waals surface area contributed by atoms with Gasteiger partial charge in [-0.3, -0.25) is 9.97 Å². The van der Waals surface area contributed by atoms with Crippen LogP contribution in [0, 0.1) is 6.92 Å². The fourth-order valence-corrected chi connectivity index (χ4v) is 2.57. The maximum Gasteiger partial charge on any atom is 0.0724 e. The summed E-state index contributed by atoms with van der Waals surface area (Å²) < 4.78 is 0.984. The Morgan fingerprint density at radius 3 is 2.74 bits per heavy atom. The second kappa shape index (κ2) is 6.46. The first-order valence-electron chi connectivity index (χ1n) is 6.02. The molecule has 1 unspecified atom stereocenters. The first kappa shape index (κ1) is 14.4. The second-order valence-corrected chi connectivity index (χ2v) is 5.74. The smallest absolute Gasteiger partial charge is 0.0724 e. The number of benzene rings is 1. The Hall–Kier alpha value is -0.970. The van der Waals surface area contributed by atoms with Gasteiger partial charge in [-0.1, -0.05) is 33.6 Å². The van der Waals surface area contributed by atoms with Crippen molar-refractivity contribution in [1.29, 1.82) is 0 Å². The molecule has 2 rings (SSSR count). The summed E-state index contributed by atoms with van der Waals surface area (Å²) in [5, 5.41) is 4.15. The van der Waals surface area contributed by atoms with Gasteiger partial charge >= 0.3 is 0 Å². The first-order valence-corrected chi connectivity index (χ1v) is 7.19. The lowest BCUT2D eigenvalue weighted by Crippen LogP contribution is -2.19. The van der Waals surface area contributed by atoms with Crippen LogP contribution in [-0.4, -0.2) is 9.97 Å². The van der Waals surface area contributed by atoms with E-state index in [-0.39, 0.29) is 6.04 Å². The highest BCUT2D eigenvalue weighted by Crippen LogP contribution is 2.26. The van der Waals surface area contributed by atoms with E-state index in [0.717, 1.165) is 26.4 Å². The molecule has 1 atom stereocenters. The molecule has 0 saturated heterocycles. The van der Waals surface area contributed by atoms with Crippen LogP contribution < -0.4 is 5.32 Å². The molecule has 0 fully saturated rings. The molecule has 0 bridgehead atoms. The fraction of sp³-hybridized carbons (Fsp3) is 0.286. The second-order valence-electron chi connectivity index (χ2n) is 4.42. The molecule has 3 nitrogen and oxygen atoms in total. The van der Waals surface area contributed by atoms with Crippen LogP contribution in [0.2, 0.25) is 5.02 Å². The number of aryl methyl sites for hydroxylation is 1. The third kappa shape index (κ3) is 4.00. The molecule has 0 spiro atoms. The van der Waals surface area contributed by atoms with Gasteiger partial charge in [0.25, 0.3) is 0 Å². The minimum Gasteiger partial charge on any atom is -0.304 e. The van der Waals surface area contributed by atoms with Crippen molar-refractivity contribution < 1.29 is 0 Å². The molecule has 2 aromatic rings. The van der Waals surface area contributed by atoms with Crippen LogP contribution in [-0.2, 0) is 6.54 Å². The lowest BCUT2D eigenvalue weighted by molar-refractivity contribution is 0.566. The van der Waals surface area contributed by atoms with Gasteiger partial charge in [0.05, 0.1) is 11.4 Å². The normalized spacial score (nSPS) is 12.4. The van der Waals surface area contributed by atoms with Crippen molar-refractivity contribution in [3.05, 3.63) is 57.0 Å². The van der Waals surface area contributed by atoms with Crippen molar-refractivity contribution in [2.24, 2.45) is 0 Å². The standard InChI is InChI=1S/C14H15BrClN3/c1-9-6-19-12(7-17-9)8-18-10(2)13-4-3-11(15)5-14(13)16/h3-7,10,18H,8H2,1-2H3. The molecule has 1 N–H and O–H groups in total. The molecular formula is C14H15BrClN3. The average molecular weight is 341 g/mol. The lowest BCUT2D eigenvalue weighted by atomic mass is 10.1. The summed E-state index contributed by atoms with van der Waals surface area (Å²) in [4.78, 5) is 8.54. The van der Waals surface area contributed by atoms with Crippen LogP contribution in [0.25, 0.3) is 0 Å². The molecule has 0 amide bonds. The Bertz CT molecular complexity index is 557. The highest BCUT2D eigenvalue weighted by Gasteiger charge is 2.09. The van der Waals surface area contributed by atoms with E-state index in [1.807, 2.05) is 25.1 Å². The average Bonchev–Trinajstić information content (AvgIpc) is 2.37. The number of nitrogens with zero attached hydrogens (tertiary/aromatic N) is 2. The van der Waals surface area contributed by atoms with Gasteiger partial charge in [-0.2, -0.15) is 0 Å². The van der Waals surface area contributed by atoms with Gasteiger partial charge in [0, 0.05) is 34.5 Å². The quantitative estimate of drug-likeness (QED) is 0.912.